The molecule has 0 aliphatic carbocycles. The van der Waals surface area contributed by atoms with E-state index in [1.54, 1.807) is 6.07 Å². The molecule has 0 bridgehead atoms. The summed E-state index contributed by atoms with van der Waals surface area (Å²) in [6.07, 6.45) is 0. The van der Waals surface area contributed by atoms with E-state index in [0.29, 0.717) is 33.2 Å². The van der Waals surface area contributed by atoms with Gasteiger partial charge >= 0.3 is 0 Å². The van der Waals surface area contributed by atoms with Gasteiger partial charge in [-0.15, -0.1) is 0 Å². The molecule has 0 spiro atoms. The first-order valence-corrected chi connectivity index (χ1v) is 16.9. The largest absolute Gasteiger partial charge is 0.456 e. The van der Waals surface area contributed by atoms with E-state index < -0.39 is 24.2 Å². The average Bonchev–Trinajstić information content (AvgIpc) is 3.64. The highest BCUT2D eigenvalue weighted by Gasteiger charge is 2.21. The van der Waals surface area contributed by atoms with Gasteiger partial charge in [0, 0.05) is 10.8 Å². The fourth-order valence-electron chi connectivity index (χ4n) is 8.05. The van der Waals surface area contributed by atoms with Crippen LogP contribution in [0.2, 0.25) is 0 Å². The molecule has 0 radical (unpaired) electrons. The predicted octanol–water partition coefficient (Wildman–Crippen LogP) is 14.4. The van der Waals surface area contributed by atoms with Crippen LogP contribution in [0.4, 0.5) is 0 Å². The number of fused-ring (bicyclic) bond motifs is 9. The number of hydrogen-bond acceptors (Lipinski definition) is 1. The average molecular weight is 655 g/mol. The minimum absolute atomic E-state index is 0.160. The van der Waals surface area contributed by atoms with Crippen LogP contribution in [0.25, 0.3) is 109 Å². The maximum absolute atomic E-state index is 9.55. The van der Waals surface area contributed by atoms with Gasteiger partial charge in [-0.05, 0) is 112 Å². The van der Waals surface area contributed by atoms with Gasteiger partial charge in [-0.1, -0.05) is 158 Å². The molecule has 11 aromatic rings. The second-order valence-electron chi connectivity index (χ2n) is 13.0. The zero-order valence-electron chi connectivity index (χ0n) is 35.1. The van der Waals surface area contributed by atoms with Crippen LogP contribution in [0.15, 0.2) is 186 Å². The lowest BCUT2D eigenvalue weighted by molar-refractivity contribution is 0.669. The Balaban J connectivity index is 1.33. The highest BCUT2D eigenvalue weighted by atomic mass is 16.3. The first-order chi connectivity index (χ1) is 28.6. The van der Waals surface area contributed by atoms with Crippen LogP contribution < -0.4 is 0 Å². The van der Waals surface area contributed by atoms with E-state index in [-0.39, 0.29) is 51.3 Å². The number of benzene rings is 10. The molecule has 0 saturated heterocycles. The molecule has 51 heavy (non-hydrogen) atoms. The van der Waals surface area contributed by atoms with Crippen molar-refractivity contribution in [1.82, 2.24) is 0 Å². The third kappa shape index (κ3) is 4.22. The van der Waals surface area contributed by atoms with E-state index in [1.165, 1.54) is 0 Å². The standard InChI is InChI=1S/C50H30O/c1-2-14-34-30-46-44(29-33(34)13-1)50-43(24-11-25-45(50)51-46)49-41-21-7-5-19-39(41)48(40-20-6-8-22-42(40)49)36-17-9-16-35(28-36)38-23-10-15-32-27-26-31-12-3-4-18-37(31)47(32)38/h1-30H/i5D,6D,7D,8D,19D,20D,21D,22D. The van der Waals surface area contributed by atoms with E-state index in [4.69, 9.17) is 9.90 Å². The number of furan rings is 1. The SMILES string of the molecule is [2H]c1c([2H])c([2H])c2c(-c3cccc4oc5cc6ccccc6cc5c34)c3c([2H])c([2H])c([2H])c([2H])c3c(-c3cccc(-c4cccc5ccc6ccccc6c45)c3)c2c1[2H]. The Morgan fingerprint density at radius 2 is 0.941 bits per heavy atom. The Labute approximate surface area is 305 Å². The predicted molar refractivity (Wildman–Crippen MR) is 218 cm³/mol. The third-order valence-electron chi connectivity index (χ3n) is 10.2. The molecular formula is C50H30O. The van der Waals surface area contributed by atoms with Crippen LogP contribution >= 0.6 is 0 Å². The van der Waals surface area contributed by atoms with E-state index in [2.05, 4.69) is 36.4 Å². The first kappa shape index (κ1) is 21.4. The lowest BCUT2D eigenvalue weighted by atomic mass is 9.84. The van der Waals surface area contributed by atoms with Gasteiger partial charge in [-0.2, -0.15) is 0 Å². The van der Waals surface area contributed by atoms with E-state index in [1.807, 2.05) is 91.0 Å². The van der Waals surface area contributed by atoms with Gasteiger partial charge in [-0.3, -0.25) is 0 Å². The molecule has 0 unspecified atom stereocenters. The maximum Gasteiger partial charge on any atom is 0.136 e. The summed E-state index contributed by atoms with van der Waals surface area (Å²) in [6, 6.07) is 40.7. The lowest BCUT2D eigenvalue weighted by Gasteiger charge is -2.19. The molecule has 0 amide bonds. The van der Waals surface area contributed by atoms with Crippen molar-refractivity contribution in [3.05, 3.63) is 182 Å². The van der Waals surface area contributed by atoms with Gasteiger partial charge in [0.25, 0.3) is 0 Å². The highest BCUT2D eigenvalue weighted by Crippen LogP contribution is 2.48. The Morgan fingerprint density at radius 3 is 1.73 bits per heavy atom. The molecule has 10 aromatic carbocycles. The molecule has 236 valence electrons. The van der Waals surface area contributed by atoms with Gasteiger partial charge in [-0.25, -0.2) is 0 Å². The van der Waals surface area contributed by atoms with Crippen LogP contribution in [-0.2, 0) is 0 Å². The fraction of sp³-hybridized carbons (Fsp3) is 0. The Bertz CT molecular complexity index is 3580. The number of hydrogen-bond donors (Lipinski definition) is 0. The van der Waals surface area contributed by atoms with Gasteiger partial charge in [0.05, 0.1) is 11.0 Å². The van der Waals surface area contributed by atoms with Crippen molar-refractivity contribution < 1.29 is 15.4 Å². The Morgan fingerprint density at radius 1 is 0.353 bits per heavy atom. The summed E-state index contributed by atoms with van der Waals surface area (Å²) in [5.41, 5.74) is 4.64. The van der Waals surface area contributed by atoms with Crippen molar-refractivity contribution in [1.29, 1.82) is 0 Å². The lowest BCUT2D eigenvalue weighted by Crippen LogP contribution is -1.92. The highest BCUT2D eigenvalue weighted by molar-refractivity contribution is 6.26. The summed E-state index contributed by atoms with van der Waals surface area (Å²) >= 11 is 0. The topological polar surface area (TPSA) is 13.1 Å². The summed E-state index contributed by atoms with van der Waals surface area (Å²) in [6.45, 7) is 0. The van der Waals surface area contributed by atoms with Crippen LogP contribution in [0.1, 0.15) is 11.0 Å². The van der Waals surface area contributed by atoms with Gasteiger partial charge in [0.15, 0.2) is 0 Å². The maximum atomic E-state index is 9.55. The zero-order valence-corrected chi connectivity index (χ0v) is 27.1. The quantitative estimate of drug-likeness (QED) is 0.136. The van der Waals surface area contributed by atoms with Crippen molar-refractivity contribution in [3.63, 3.8) is 0 Å². The summed E-state index contributed by atoms with van der Waals surface area (Å²) in [7, 11) is 0. The molecule has 1 heteroatoms. The van der Waals surface area contributed by atoms with Crippen LogP contribution in [-0.4, -0.2) is 0 Å². The molecule has 0 saturated carbocycles. The van der Waals surface area contributed by atoms with Crippen LogP contribution in [0, 0.1) is 0 Å². The number of rotatable bonds is 3. The molecule has 11 rings (SSSR count). The molecule has 0 N–H and O–H groups in total. The third-order valence-corrected chi connectivity index (χ3v) is 10.2. The van der Waals surface area contributed by atoms with Crippen LogP contribution in [0.3, 0.4) is 0 Å². The molecule has 0 aliphatic rings. The summed E-state index contributed by atoms with van der Waals surface area (Å²) in [5, 5.41) is 8.37. The van der Waals surface area contributed by atoms with Crippen molar-refractivity contribution in [2.75, 3.05) is 0 Å². The van der Waals surface area contributed by atoms with Gasteiger partial charge < -0.3 is 4.42 Å². The van der Waals surface area contributed by atoms with Gasteiger partial charge in [0.1, 0.15) is 11.2 Å². The van der Waals surface area contributed by atoms with Crippen molar-refractivity contribution in [3.8, 4) is 33.4 Å². The second-order valence-corrected chi connectivity index (χ2v) is 13.0. The fourth-order valence-corrected chi connectivity index (χ4v) is 8.05. The first-order valence-electron chi connectivity index (χ1n) is 20.9. The van der Waals surface area contributed by atoms with E-state index >= 15 is 0 Å². The molecule has 0 atom stereocenters. The molecule has 1 heterocycles. The van der Waals surface area contributed by atoms with Crippen molar-refractivity contribution in [2.24, 2.45) is 0 Å². The van der Waals surface area contributed by atoms with E-state index in [9.17, 15) is 5.48 Å². The normalized spacial score (nSPS) is 14.1. The van der Waals surface area contributed by atoms with Crippen LogP contribution in [0.5, 0.6) is 0 Å². The summed E-state index contributed by atoms with van der Waals surface area (Å²) in [4.78, 5) is 0. The summed E-state index contributed by atoms with van der Waals surface area (Å²) < 4.78 is 80.5. The second kappa shape index (κ2) is 10.9. The Hall–Kier alpha value is -6.70. The van der Waals surface area contributed by atoms with Crippen molar-refractivity contribution in [2.45, 2.75) is 0 Å². The molecular weight excluding hydrogens is 617 g/mol. The Kier molecular flexibility index (Phi) is 4.57. The van der Waals surface area contributed by atoms with Gasteiger partial charge in [0.2, 0.25) is 0 Å². The molecule has 1 nitrogen and oxygen atoms in total. The molecule has 0 fully saturated rings. The zero-order chi connectivity index (χ0) is 40.4. The molecule has 0 aliphatic heterocycles. The molecule has 1 aromatic heterocycles. The minimum Gasteiger partial charge on any atom is -0.456 e. The smallest absolute Gasteiger partial charge is 0.136 e. The van der Waals surface area contributed by atoms with Crippen molar-refractivity contribution >= 4 is 75.8 Å². The minimum atomic E-state index is -0.443. The van der Waals surface area contributed by atoms with E-state index in [0.717, 1.165) is 48.8 Å². The summed E-state index contributed by atoms with van der Waals surface area (Å²) in [5.74, 6) is 0. The monoisotopic (exact) mass is 654 g/mol.